The molecule has 5 heteroatoms. The molecular weight excluding hydrogens is 268 g/mol. The summed E-state index contributed by atoms with van der Waals surface area (Å²) in [5, 5.41) is 3.61. The lowest BCUT2D eigenvalue weighted by molar-refractivity contribution is 0.226. The fourth-order valence-corrected chi connectivity index (χ4v) is 2.83. The van der Waals surface area contributed by atoms with Crippen molar-refractivity contribution >= 4 is 0 Å². The van der Waals surface area contributed by atoms with Crippen LogP contribution in [0.5, 0.6) is 17.2 Å². The Bertz CT molecular complexity index is 440. The van der Waals surface area contributed by atoms with Crippen molar-refractivity contribution in [2.45, 2.75) is 25.4 Å². The molecule has 0 amide bonds. The lowest BCUT2D eigenvalue weighted by Gasteiger charge is -2.30. The smallest absolute Gasteiger partial charge is 0.203 e. The summed E-state index contributed by atoms with van der Waals surface area (Å²) in [4.78, 5) is 2.37. The largest absolute Gasteiger partial charge is 0.493 e. The molecule has 0 spiro atoms. The van der Waals surface area contributed by atoms with Gasteiger partial charge in [0.2, 0.25) is 5.75 Å². The minimum Gasteiger partial charge on any atom is -0.493 e. The Kier molecular flexibility index (Phi) is 5.70. The highest BCUT2D eigenvalue weighted by Gasteiger charge is 2.17. The SMILES string of the molecule is COc1cc(CNC2CCCN(C)C2)cc(OC)c1OC. The van der Waals surface area contributed by atoms with Gasteiger partial charge in [-0.2, -0.15) is 0 Å². The number of hydrogen-bond donors (Lipinski definition) is 1. The van der Waals surface area contributed by atoms with E-state index in [9.17, 15) is 0 Å². The summed E-state index contributed by atoms with van der Waals surface area (Å²) in [7, 11) is 7.08. The summed E-state index contributed by atoms with van der Waals surface area (Å²) < 4.78 is 16.1. The molecule has 0 radical (unpaired) electrons. The highest BCUT2D eigenvalue weighted by molar-refractivity contribution is 5.53. The molecule has 0 saturated carbocycles. The number of nitrogens with zero attached hydrogens (tertiary/aromatic N) is 1. The van der Waals surface area contributed by atoms with Crippen LogP contribution in [0, 0.1) is 0 Å². The van der Waals surface area contributed by atoms with E-state index in [-0.39, 0.29) is 0 Å². The number of nitrogens with one attached hydrogen (secondary N) is 1. The average Bonchev–Trinajstić information content (AvgIpc) is 2.51. The van der Waals surface area contributed by atoms with Crippen molar-refractivity contribution in [1.82, 2.24) is 10.2 Å². The summed E-state index contributed by atoms with van der Waals surface area (Å²) in [6, 6.07) is 4.55. The molecule has 1 aliphatic heterocycles. The van der Waals surface area contributed by atoms with Crippen molar-refractivity contribution < 1.29 is 14.2 Å². The van der Waals surface area contributed by atoms with Gasteiger partial charge in [0.05, 0.1) is 21.3 Å². The van der Waals surface area contributed by atoms with E-state index >= 15 is 0 Å². The third-order valence-corrected chi connectivity index (χ3v) is 3.94. The van der Waals surface area contributed by atoms with E-state index in [0.29, 0.717) is 23.3 Å². The average molecular weight is 294 g/mol. The minimum atomic E-state index is 0.544. The number of piperidine rings is 1. The molecule has 0 aromatic heterocycles. The van der Waals surface area contributed by atoms with E-state index in [2.05, 4.69) is 17.3 Å². The number of benzene rings is 1. The molecule has 1 aromatic carbocycles. The first-order chi connectivity index (χ1) is 10.2. The van der Waals surface area contributed by atoms with Crippen LogP contribution >= 0.6 is 0 Å². The summed E-state index contributed by atoms with van der Waals surface area (Å²) in [5.41, 5.74) is 1.14. The molecule has 5 nitrogen and oxygen atoms in total. The summed E-state index contributed by atoms with van der Waals surface area (Å²) in [5.74, 6) is 2.05. The number of ether oxygens (including phenoxy) is 3. The minimum absolute atomic E-state index is 0.544. The van der Waals surface area contributed by atoms with Crippen LogP contribution in [0.15, 0.2) is 12.1 Å². The van der Waals surface area contributed by atoms with Crippen LogP contribution < -0.4 is 19.5 Å². The van der Waals surface area contributed by atoms with Crippen molar-refractivity contribution in [3.8, 4) is 17.2 Å². The zero-order chi connectivity index (χ0) is 15.2. The van der Waals surface area contributed by atoms with Crippen molar-refractivity contribution in [2.24, 2.45) is 0 Å². The van der Waals surface area contributed by atoms with Crippen LogP contribution in [0.25, 0.3) is 0 Å². The fraction of sp³-hybridized carbons (Fsp3) is 0.625. The Morgan fingerprint density at radius 3 is 2.33 bits per heavy atom. The van der Waals surface area contributed by atoms with Gasteiger partial charge in [-0.1, -0.05) is 0 Å². The Hall–Kier alpha value is -1.46. The third kappa shape index (κ3) is 4.02. The lowest BCUT2D eigenvalue weighted by Crippen LogP contribution is -2.43. The van der Waals surface area contributed by atoms with E-state index in [0.717, 1.165) is 18.7 Å². The van der Waals surface area contributed by atoms with Crippen LogP contribution in [-0.4, -0.2) is 52.4 Å². The number of rotatable bonds is 6. The van der Waals surface area contributed by atoms with Crippen molar-refractivity contribution in [2.75, 3.05) is 41.5 Å². The van der Waals surface area contributed by atoms with Gasteiger partial charge in [0.25, 0.3) is 0 Å². The van der Waals surface area contributed by atoms with Gasteiger partial charge in [0.15, 0.2) is 11.5 Å². The molecule has 0 aliphatic carbocycles. The van der Waals surface area contributed by atoms with Crippen LogP contribution in [0.4, 0.5) is 0 Å². The van der Waals surface area contributed by atoms with Gasteiger partial charge in [-0.25, -0.2) is 0 Å². The predicted octanol–water partition coefficient (Wildman–Crippen LogP) is 1.90. The van der Waals surface area contributed by atoms with Gasteiger partial charge in [-0.3, -0.25) is 0 Å². The van der Waals surface area contributed by atoms with Gasteiger partial charge in [0, 0.05) is 19.1 Å². The predicted molar refractivity (Wildman–Crippen MR) is 83.5 cm³/mol. The molecule has 1 heterocycles. The van der Waals surface area contributed by atoms with Crippen LogP contribution in [0.3, 0.4) is 0 Å². The van der Waals surface area contributed by atoms with E-state index < -0.39 is 0 Å². The lowest BCUT2D eigenvalue weighted by atomic mass is 10.1. The van der Waals surface area contributed by atoms with Crippen molar-refractivity contribution in [3.63, 3.8) is 0 Å². The van der Waals surface area contributed by atoms with Gasteiger partial charge in [0.1, 0.15) is 0 Å². The Morgan fingerprint density at radius 2 is 1.81 bits per heavy atom. The highest BCUT2D eigenvalue weighted by atomic mass is 16.5. The molecular formula is C16H26N2O3. The summed E-state index contributed by atoms with van der Waals surface area (Å²) >= 11 is 0. The normalized spacial score (nSPS) is 19.3. The highest BCUT2D eigenvalue weighted by Crippen LogP contribution is 2.38. The monoisotopic (exact) mass is 294 g/mol. The van der Waals surface area contributed by atoms with Crippen LogP contribution in [0.2, 0.25) is 0 Å². The second-order valence-electron chi connectivity index (χ2n) is 5.52. The number of hydrogen-bond acceptors (Lipinski definition) is 5. The van der Waals surface area contributed by atoms with Gasteiger partial charge in [-0.15, -0.1) is 0 Å². The zero-order valence-electron chi connectivity index (χ0n) is 13.4. The molecule has 1 aliphatic rings. The second kappa shape index (κ2) is 7.52. The fourth-order valence-electron chi connectivity index (χ4n) is 2.83. The maximum atomic E-state index is 5.39. The molecule has 1 saturated heterocycles. The zero-order valence-corrected chi connectivity index (χ0v) is 13.4. The first-order valence-electron chi connectivity index (χ1n) is 7.38. The molecule has 1 aromatic rings. The van der Waals surface area contributed by atoms with E-state index in [1.54, 1.807) is 21.3 Å². The molecule has 1 N–H and O–H groups in total. The Balaban J connectivity index is 2.05. The molecule has 118 valence electrons. The number of likely N-dealkylation sites (tertiary alicyclic amines) is 1. The summed E-state index contributed by atoms with van der Waals surface area (Å²) in [6.45, 7) is 3.10. The maximum absolute atomic E-state index is 5.39. The molecule has 1 unspecified atom stereocenters. The van der Waals surface area contributed by atoms with Crippen LogP contribution in [-0.2, 0) is 6.54 Å². The van der Waals surface area contributed by atoms with Gasteiger partial charge < -0.3 is 24.4 Å². The van der Waals surface area contributed by atoms with Gasteiger partial charge >= 0.3 is 0 Å². The van der Waals surface area contributed by atoms with E-state index in [1.165, 1.54) is 19.4 Å². The Morgan fingerprint density at radius 1 is 1.14 bits per heavy atom. The first kappa shape index (κ1) is 15.9. The third-order valence-electron chi connectivity index (χ3n) is 3.94. The molecule has 1 fully saturated rings. The van der Waals surface area contributed by atoms with Crippen molar-refractivity contribution in [3.05, 3.63) is 17.7 Å². The second-order valence-corrected chi connectivity index (χ2v) is 5.52. The topological polar surface area (TPSA) is 43.0 Å². The van der Waals surface area contributed by atoms with Crippen LogP contribution in [0.1, 0.15) is 18.4 Å². The van der Waals surface area contributed by atoms with Gasteiger partial charge in [-0.05, 0) is 44.1 Å². The van der Waals surface area contributed by atoms with E-state index in [1.807, 2.05) is 12.1 Å². The summed E-state index contributed by atoms with van der Waals surface area (Å²) in [6.07, 6.45) is 2.48. The molecule has 21 heavy (non-hydrogen) atoms. The quantitative estimate of drug-likeness (QED) is 0.868. The molecule has 2 rings (SSSR count). The Labute approximate surface area is 127 Å². The number of likely N-dealkylation sites (N-methyl/N-ethyl adjacent to an activating group) is 1. The number of methoxy groups -OCH3 is 3. The van der Waals surface area contributed by atoms with Crippen molar-refractivity contribution in [1.29, 1.82) is 0 Å². The molecule has 1 atom stereocenters. The molecule has 0 bridgehead atoms. The standard InChI is InChI=1S/C16H26N2O3/c1-18-7-5-6-13(11-18)17-10-12-8-14(19-2)16(21-4)15(9-12)20-3/h8-9,13,17H,5-7,10-11H2,1-4H3. The maximum Gasteiger partial charge on any atom is 0.203 e. The first-order valence-corrected chi connectivity index (χ1v) is 7.38. The van der Waals surface area contributed by atoms with E-state index in [4.69, 9.17) is 14.2 Å².